The number of ether oxygens (including phenoxy) is 2. The number of aliphatic hydroxyl groups excluding tert-OH is 1. The van der Waals surface area contributed by atoms with Crippen LogP contribution in [0.15, 0.2) is 47.4 Å². The molecule has 1 saturated heterocycles. The monoisotopic (exact) mass is 519 g/mol. The number of carbonyl (C=O) groups is 2. The summed E-state index contributed by atoms with van der Waals surface area (Å²) in [5, 5.41) is 23.8. The van der Waals surface area contributed by atoms with E-state index in [2.05, 4.69) is 0 Å². The molecule has 0 saturated carbocycles. The summed E-state index contributed by atoms with van der Waals surface area (Å²) in [6.45, 7) is 1.83. The molecule has 34 heavy (non-hydrogen) atoms. The molecule has 1 aliphatic rings. The third-order valence-corrected chi connectivity index (χ3v) is 7.23. The second-order valence-corrected chi connectivity index (χ2v) is 9.14. The van der Waals surface area contributed by atoms with E-state index in [0.29, 0.717) is 4.88 Å². The van der Waals surface area contributed by atoms with Gasteiger partial charge in [0.05, 0.1) is 36.1 Å². The molecule has 2 aromatic carbocycles. The Balaban J connectivity index is 2.04. The van der Waals surface area contributed by atoms with Crippen LogP contribution >= 0.6 is 34.5 Å². The van der Waals surface area contributed by atoms with E-state index in [0.717, 1.165) is 5.56 Å². The summed E-state index contributed by atoms with van der Waals surface area (Å²) in [6, 6.07) is 8.37. The van der Waals surface area contributed by atoms with Crippen LogP contribution in [0.1, 0.15) is 22.0 Å². The molecule has 0 aliphatic carbocycles. The number of ketones is 1. The zero-order valence-electron chi connectivity index (χ0n) is 18.3. The largest absolute Gasteiger partial charge is 0.507 e. The van der Waals surface area contributed by atoms with Crippen molar-refractivity contribution in [2.75, 3.05) is 19.1 Å². The van der Waals surface area contributed by atoms with Gasteiger partial charge in [0.1, 0.15) is 22.6 Å². The van der Waals surface area contributed by atoms with Crippen LogP contribution in [-0.4, -0.2) is 36.1 Å². The number of nitrogens with zero attached hydrogens (tertiary/aromatic N) is 1. The van der Waals surface area contributed by atoms with Crippen LogP contribution in [0.25, 0.3) is 5.76 Å². The summed E-state index contributed by atoms with van der Waals surface area (Å²) in [5.74, 6) is -2.36. The number of benzene rings is 2. The normalized spacial score (nSPS) is 17.3. The lowest BCUT2D eigenvalue weighted by Gasteiger charge is -2.25. The van der Waals surface area contributed by atoms with Gasteiger partial charge in [-0.05, 0) is 42.1 Å². The molecule has 1 atom stereocenters. The number of thiophene rings is 1. The lowest BCUT2D eigenvalue weighted by molar-refractivity contribution is -0.132. The SMILES string of the molecule is COc1c(Cl)cc(/C(O)=C2\C(=O)C(=O)N(c3ccccc3O)C2c2sccc2C)c(OC)c1Cl. The first-order chi connectivity index (χ1) is 16.2. The number of phenols is 1. The van der Waals surface area contributed by atoms with Crippen LogP contribution in [0.4, 0.5) is 5.69 Å². The van der Waals surface area contributed by atoms with Crippen LogP contribution in [0.3, 0.4) is 0 Å². The summed E-state index contributed by atoms with van der Waals surface area (Å²) in [6.07, 6.45) is 0. The van der Waals surface area contributed by atoms with E-state index in [1.54, 1.807) is 12.1 Å². The van der Waals surface area contributed by atoms with Crippen molar-refractivity contribution in [3.63, 3.8) is 0 Å². The Hall–Kier alpha value is -3.20. The number of para-hydroxylation sites is 2. The maximum atomic E-state index is 13.3. The van der Waals surface area contributed by atoms with E-state index in [9.17, 15) is 19.8 Å². The highest BCUT2D eigenvalue weighted by Crippen LogP contribution is 2.50. The highest BCUT2D eigenvalue weighted by molar-refractivity contribution is 7.10. The minimum absolute atomic E-state index is 0.00200. The molecule has 10 heteroatoms. The van der Waals surface area contributed by atoms with Gasteiger partial charge in [-0.1, -0.05) is 35.3 Å². The van der Waals surface area contributed by atoms with Gasteiger partial charge in [0.25, 0.3) is 11.7 Å². The second kappa shape index (κ2) is 9.21. The van der Waals surface area contributed by atoms with Crippen molar-refractivity contribution in [1.82, 2.24) is 0 Å². The summed E-state index contributed by atoms with van der Waals surface area (Å²) in [4.78, 5) is 28.4. The first-order valence-corrected chi connectivity index (χ1v) is 11.6. The lowest BCUT2D eigenvalue weighted by Crippen LogP contribution is -2.29. The van der Waals surface area contributed by atoms with Crippen LogP contribution in [-0.2, 0) is 9.59 Å². The van der Waals surface area contributed by atoms with Crippen molar-refractivity contribution in [1.29, 1.82) is 0 Å². The molecule has 1 fully saturated rings. The van der Waals surface area contributed by atoms with E-state index >= 15 is 0 Å². The van der Waals surface area contributed by atoms with Gasteiger partial charge in [-0.15, -0.1) is 11.3 Å². The topological polar surface area (TPSA) is 96.3 Å². The van der Waals surface area contributed by atoms with Gasteiger partial charge in [-0.25, -0.2) is 0 Å². The molecule has 3 aromatic rings. The van der Waals surface area contributed by atoms with Gasteiger partial charge >= 0.3 is 0 Å². The number of carbonyl (C=O) groups excluding carboxylic acids is 2. The van der Waals surface area contributed by atoms with Crippen molar-refractivity contribution in [2.24, 2.45) is 0 Å². The first kappa shape index (κ1) is 23.9. The zero-order chi connectivity index (χ0) is 24.7. The fourth-order valence-corrected chi connectivity index (χ4v) is 5.67. The van der Waals surface area contributed by atoms with Gasteiger partial charge in [0.2, 0.25) is 0 Å². The van der Waals surface area contributed by atoms with Gasteiger partial charge in [0, 0.05) is 4.88 Å². The maximum Gasteiger partial charge on any atom is 0.300 e. The van der Waals surface area contributed by atoms with Crippen molar-refractivity contribution in [3.05, 3.63) is 73.4 Å². The first-order valence-electron chi connectivity index (χ1n) is 9.96. The molecule has 0 spiro atoms. The number of methoxy groups -OCH3 is 2. The Labute approximate surface area is 209 Å². The second-order valence-electron chi connectivity index (χ2n) is 7.41. The summed E-state index contributed by atoms with van der Waals surface area (Å²) < 4.78 is 10.6. The van der Waals surface area contributed by atoms with Gasteiger partial charge < -0.3 is 19.7 Å². The molecular formula is C24H19Cl2NO6S. The third-order valence-electron chi connectivity index (χ3n) is 5.53. The summed E-state index contributed by atoms with van der Waals surface area (Å²) in [7, 11) is 2.72. The predicted octanol–water partition coefficient (Wildman–Crippen LogP) is 5.71. The highest BCUT2D eigenvalue weighted by Gasteiger charge is 2.49. The Kier molecular flexibility index (Phi) is 6.49. The number of halogens is 2. The molecule has 0 radical (unpaired) electrons. The Bertz CT molecular complexity index is 1350. The molecule has 1 amide bonds. The number of aryl methyl sites for hydroxylation is 1. The highest BCUT2D eigenvalue weighted by atomic mass is 35.5. The van der Waals surface area contributed by atoms with Crippen molar-refractivity contribution < 1.29 is 29.3 Å². The van der Waals surface area contributed by atoms with E-state index in [-0.39, 0.29) is 44.1 Å². The van der Waals surface area contributed by atoms with Crippen LogP contribution in [0.5, 0.6) is 17.2 Å². The molecule has 7 nitrogen and oxygen atoms in total. The number of rotatable bonds is 5. The van der Waals surface area contributed by atoms with Crippen molar-refractivity contribution >= 4 is 57.7 Å². The zero-order valence-corrected chi connectivity index (χ0v) is 20.6. The van der Waals surface area contributed by atoms with Gasteiger partial charge in [-0.3, -0.25) is 14.5 Å². The standard InChI is InChI=1S/C24H19Cl2NO6S/c1-11-8-9-34-23(11)18-16(20(30)24(31)27(18)14-6-4-5-7-15(14)28)19(29)12-10-13(25)22(33-3)17(26)21(12)32-2/h4-10,18,28-29H,1-3H3/b19-16+. The number of aliphatic hydroxyl groups is 1. The Morgan fingerprint density at radius 1 is 1.09 bits per heavy atom. The molecule has 0 bridgehead atoms. The van der Waals surface area contributed by atoms with Gasteiger partial charge in [0.15, 0.2) is 11.5 Å². The molecule has 176 valence electrons. The quantitative estimate of drug-likeness (QED) is 0.254. The van der Waals surface area contributed by atoms with E-state index in [1.165, 1.54) is 48.7 Å². The van der Waals surface area contributed by atoms with E-state index in [1.807, 2.05) is 18.4 Å². The molecule has 2 N–H and O–H groups in total. The number of phenolic OH excluding ortho intramolecular Hbond substituents is 1. The average Bonchev–Trinajstić information content (AvgIpc) is 3.34. The van der Waals surface area contributed by atoms with Crippen LogP contribution < -0.4 is 14.4 Å². The third kappa shape index (κ3) is 3.68. The van der Waals surface area contributed by atoms with Crippen LogP contribution in [0, 0.1) is 6.92 Å². The Morgan fingerprint density at radius 3 is 2.35 bits per heavy atom. The van der Waals surface area contributed by atoms with Crippen molar-refractivity contribution in [3.8, 4) is 17.2 Å². The van der Waals surface area contributed by atoms with Crippen molar-refractivity contribution in [2.45, 2.75) is 13.0 Å². The minimum Gasteiger partial charge on any atom is -0.507 e. The smallest absolute Gasteiger partial charge is 0.300 e. The maximum absolute atomic E-state index is 13.3. The van der Waals surface area contributed by atoms with E-state index in [4.69, 9.17) is 32.7 Å². The fourth-order valence-electron chi connectivity index (χ4n) is 3.95. The number of amides is 1. The number of Topliss-reactive ketones (excluding diaryl/α,β-unsaturated/α-hetero) is 1. The minimum atomic E-state index is -1.00. The van der Waals surface area contributed by atoms with Crippen LogP contribution in [0.2, 0.25) is 10.0 Å². The fraction of sp³-hybridized carbons (Fsp3) is 0.167. The number of anilines is 1. The van der Waals surface area contributed by atoms with E-state index < -0.39 is 23.5 Å². The number of hydrogen-bond donors (Lipinski definition) is 2. The molecule has 1 aromatic heterocycles. The molecular weight excluding hydrogens is 501 g/mol. The molecule has 4 rings (SSSR count). The summed E-state index contributed by atoms with van der Waals surface area (Å²) >= 11 is 14.0. The van der Waals surface area contributed by atoms with Gasteiger partial charge in [-0.2, -0.15) is 0 Å². The average molecular weight is 520 g/mol. The Morgan fingerprint density at radius 2 is 1.76 bits per heavy atom. The predicted molar refractivity (Wildman–Crippen MR) is 132 cm³/mol. The summed E-state index contributed by atoms with van der Waals surface area (Å²) in [5.41, 5.74) is 0.780. The lowest BCUT2D eigenvalue weighted by atomic mass is 9.97. The number of aromatic hydroxyl groups is 1. The molecule has 1 unspecified atom stereocenters. The molecule has 2 heterocycles. The molecule has 1 aliphatic heterocycles. The number of hydrogen-bond acceptors (Lipinski definition) is 7.